The first-order valence-electron chi connectivity index (χ1n) is 10.4. The Bertz CT molecular complexity index is 1150. The third-order valence-electron chi connectivity index (χ3n) is 5.12. The number of aryl methyl sites for hydroxylation is 1. The van der Waals surface area contributed by atoms with E-state index in [9.17, 15) is 13.9 Å². The van der Waals surface area contributed by atoms with E-state index in [2.05, 4.69) is 30.8 Å². The molecule has 0 radical (unpaired) electrons. The van der Waals surface area contributed by atoms with Gasteiger partial charge in [-0.05, 0) is 53.0 Å². The minimum atomic E-state index is -2.93. The molecule has 0 amide bonds. The fourth-order valence-electron chi connectivity index (χ4n) is 3.23. The Balaban J connectivity index is 2.05. The molecule has 0 atom stereocenters. The highest BCUT2D eigenvalue weighted by Gasteiger charge is 2.21. The molecule has 1 aromatic heterocycles. The van der Waals surface area contributed by atoms with Crippen molar-refractivity contribution in [3.05, 3.63) is 89.7 Å². The lowest BCUT2D eigenvalue weighted by atomic mass is 9.88. The summed E-state index contributed by atoms with van der Waals surface area (Å²) in [5, 5.41) is 16.7. The molecular formula is C26H26F2N2O2S. The van der Waals surface area contributed by atoms with Crippen molar-refractivity contribution >= 4 is 34.3 Å². The van der Waals surface area contributed by atoms with Gasteiger partial charge in [0.25, 0.3) is 0 Å². The van der Waals surface area contributed by atoms with Gasteiger partial charge in [-0.2, -0.15) is 13.3 Å². The van der Waals surface area contributed by atoms with Crippen LogP contribution in [0.15, 0.2) is 73.1 Å². The normalized spacial score (nSPS) is 12.3. The van der Waals surface area contributed by atoms with Crippen LogP contribution in [-0.4, -0.2) is 11.6 Å². The maximum Gasteiger partial charge on any atom is 0.387 e. The maximum absolute atomic E-state index is 13.5. The zero-order chi connectivity index (χ0) is 24.2. The molecule has 1 heterocycles. The molecular weight excluding hydrogens is 442 g/mol. The highest BCUT2D eigenvalue weighted by atomic mass is 32.1. The highest BCUT2D eigenvalue weighted by Crippen LogP contribution is 2.23. The number of benzene rings is 2. The van der Waals surface area contributed by atoms with Gasteiger partial charge in [0, 0.05) is 17.8 Å². The van der Waals surface area contributed by atoms with Crippen molar-refractivity contribution < 1.29 is 23.2 Å². The van der Waals surface area contributed by atoms with Gasteiger partial charge in [0.2, 0.25) is 5.70 Å². The Labute approximate surface area is 198 Å². The number of aromatic nitrogens is 1. The Morgan fingerprint density at radius 2 is 1.61 bits per heavy atom. The summed E-state index contributed by atoms with van der Waals surface area (Å²) in [5.41, 5.74) is 3.37. The van der Waals surface area contributed by atoms with Crippen LogP contribution in [0.25, 0.3) is 11.5 Å². The predicted octanol–water partition coefficient (Wildman–Crippen LogP) is 5.31. The van der Waals surface area contributed by atoms with Crippen LogP contribution >= 0.6 is 12.2 Å². The van der Waals surface area contributed by atoms with Crippen LogP contribution in [0.3, 0.4) is 0 Å². The number of hydrogen-bond donors (Lipinski definition) is 1. The summed E-state index contributed by atoms with van der Waals surface area (Å²) in [4.78, 5) is 0.246. The molecule has 0 aliphatic rings. The zero-order valence-corrected chi connectivity index (χ0v) is 19.7. The number of para-hydroxylation sites is 1. The van der Waals surface area contributed by atoms with Crippen LogP contribution in [0.2, 0.25) is 0 Å². The Morgan fingerprint density at radius 1 is 1.00 bits per heavy atom. The van der Waals surface area contributed by atoms with Crippen molar-refractivity contribution in [3.8, 4) is 5.75 Å². The van der Waals surface area contributed by atoms with E-state index >= 15 is 0 Å². The first-order chi connectivity index (χ1) is 15.6. The van der Waals surface area contributed by atoms with E-state index in [1.807, 2.05) is 43.3 Å². The van der Waals surface area contributed by atoms with Crippen LogP contribution in [0.4, 0.5) is 14.5 Å². The van der Waals surface area contributed by atoms with Crippen LogP contribution in [0.5, 0.6) is 5.75 Å². The first-order valence-corrected chi connectivity index (χ1v) is 10.8. The van der Waals surface area contributed by atoms with E-state index < -0.39 is 6.61 Å². The molecule has 7 heteroatoms. The third kappa shape index (κ3) is 6.14. The predicted molar refractivity (Wildman–Crippen MR) is 129 cm³/mol. The Morgan fingerprint density at radius 3 is 2.15 bits per heavy atom. The van der Waals surface area contributed by atoms with Gasteiger partial charge in [0.15, 0.2) is 17.4 Å². The standard InChI is InChI=1S/C26H26F2N2O2S/c1-17-7-5-6-8-21(17)29-24(33)22(30-15-13-19(14-16-30)26(2,3)4)23(31)18-9-11-20(12-10-18)32-25(27)28/h5-16,25H,1-4H3,(H-,29,31,33). The van der Waals surface area contributed by atoms with E-state index in [4.69, 9.17) is 12.2 Å². The Hall–Kier alpha value is -3.32. The monoisotopic (exact) mass is 468 g/mol. The van der Waals surface area contributed by atoms with Gasteiger partial charge in [0.05, 0.1) is 0 Å². The third-order valence-corrected chi connectivity index (χ3v) is 5.41. The number of pyridine rings is 1. The van der Waals surface area contributed by atoms with Gasteiger partial charge in [-0.3, -0.25) is 0 Å². The molecule has 172 valence electrons. The molecule has 4 nitrogen and oxygen atoms in total. The lowest BCUT2D eigenvalue weighted by Crippen LogP contribution is -2.40. The largest absolute Gasteiger partial charge is 0.867 e. The summed E-state index contributed by atoms with van der Waals surface area (Å²) < 4.78 is 31.0. The average molecular weight is 469 g/mol. The number of anilines is 1. The number of ether oxygens (including phenoxy) is 1. The lowest BCUT2D eigenvalue weighted by molar-refractivity contribution is -0.577. The van der Waals surface area contributed by atoms with Gasteiger partial charge in [-0.15, -0.1) is 0 Å². The molecule has 0 aliphatic heterocycles. The minimum absolute atomic E-state index is 0.0223. The molecule has 33 heavy (non-hydrogen) atoms. The summed E-state index contributed by atoms with van der Waals surface area (Å²) in [6, 6.07) is 17.1. The second-order valence-corrected chi connectivity index (χ2v) is 9.00. The van der Waals surface area contributed by atoms with E-state index in [1.165, 1.54) is 24.3 Å². The number of hydrogen-bond acceptors (Lipinski definition) is 3. The van der Waals surface area contributed by atoms with Crippen molar-refractivity contribution in [3.63, 3.8) is 0 Å². The molecule has 2 aromatic carbocycles. The van der Waals surface area contributed by atoms with Crippen molar-refractivity contribution in [2.45, 2.75) is 39.7 Å². The molecule has 3 aromatic rings. The second kappa shape index (κ2) is 10.1. The fourth-order valence-corrected chi connectivity index (χ4v) is 3.54. The molecule has 0 saturated carbocycles. The summed E-state index contributed by atoms with van der Waals surface area (Å²) in [6.45, 7) is 5.33. The molecule has 0 spiro atoms. The van der Waals surface area contributed by atoms with Crippen molar-refractivity contribution in [1.82, 2.24) is 0 Å². The van der Waals surface area contributed by atoms with Crippen LogP contribution in [0.1, 0.15) is 37.5 Å². The smallest absolute Gasteiger partial charge is 0.387 e. The number of rotatable bonds is 6. The maximum atomic E-state index is 13.5. The van der Waals surface area contributed by atoms with Crippen LogP contribution < -0.4 is 19.7 Å². The molecule has 0 unspecified atom stereocenters. The summed E-state index contributed by atoms with van der Waals surface area (Å²) in [5.74, 6) is -0.371. The highest BCUT2D eigenvalue weighted by molar-refractivity contribution is 7.81. The van der Waals surface area contributed by atoms with Crippen molar-refractivity contribution in [1.29, 1.82) is 0 Å². The molecule has 0 fully saturated rings. The van der Waals surface area contributed by atoms with E-state index in [1.54, 1.807) is 17.0 Å². The number of alkyl halides is 2. The number of thiocarbonyl (C=S) groups is 1. The topological polar surface area (TPSA) is 48.2 Å². The molecule has 1 N–H and O–H groups in total. The van der Waals surface area contributed by atoms with Gasteiger partial charge in [0.1, 0.15) is 5.75 Å². The summed E-state index contributed by atoms with van der Waals surface area (Å²) in [7, 11) is 0. The van der Waals surface area contributed by atoms with E-state index in [0.29, 0.717) is 5.56 Å². The summed E-state index contributed by atoms with van der Waals surface area (Å²) in [6.07, 6.45) is 3.60. The van der Waals surface area contributed by atoms with Crippen molar-refractivity contribution in [2.75, 3.05) is 5.32 Å². The second-order valence-electron chi connectivity index (χ2n) is 8.59. The lowest BCUT2D eigenvalue weighted by Gasteiger charge is -2.20. The number of nitrogens with zero attached hydrogens (tertiary/aromatic N) is 1. The van der Waals surface area contributed by atoms with E-state index in [-0.39, 0.29) is 27.6 Å². The quantitative estimate of drug-likeness (QED) is 0.231. The minimum Gasteiger partial charge on any atom is -0.867 e. The van der Waals surface area contributed by atoms with Gasteiger partial charge >= 0.3 is 6.61 Å². The van der Waals surface area contributed by atoms with Gasteiger partial charge in [-0.1, -0.05) is 63.3 Å². The zero-order valence-electron chi connectivity index (χ0n) is 18.9. The molecule has 0 bridgehead atoms. The van der Waals surface area contributed by atoms with Gasteiger partial charge in [-0.25, -0.2) is 0 Å². The number of nitrogens with one attached hydrogen (secondary N) is 1. The Kier molecular flexibility index (Phi) is 7.43. The number of halogens is 2. The van der Waals surface area contributed by atoms with E-state index in [0.717, 1.165) is 16.8 Å². The SMILES string of the molecule is Cc1ccccc1NC(=S)C(=C([O-])c1ccc(OC(F)F)cc1)[n+]1ccc(C(C)(C)C)cc1. The summed E-state index contributed by atoms with van der Waals surface area (Å²) >= 11 is 5.65. The molecule has 0 saturated heterocycles. The molecule has 0 aliphatic carbocycles. The van der Waals surface area contributed by atoms with Gasteiger partial charge < -0.3 is 15.2 Å². The fraction of sp³-hybridized carbons (Fsp3) is 0.231. The molecule has 3 rings (SSSR count). The van der Waals surface area contributed by atoms with Crippen LogP contribution in [0, 0.1) is 6.92 Å². The van der Waals surface area contributed by atoms with Crippen molar-refractivity contribution in [2.24, 2.45) is 0 Å². The van der Waals surface area contributed by atoms with Crippen LogP contribution in [-0.2, 0) is 5.41 Å². The average Bonchev–Trinajstić information content (AvgIpc) is 2.75. The first kappa shape index (κ1) is 24.3.